The number of rotatable bonds is 2. The Labute approximate surface area is 95.8 Å². The molecule has 2 atom stereocenters. The fraction of sp³-hybridized carbons (Fsp3) is 0.500. The van der Waals surface area contributed by atoms with Crippen LogP contribution in [0.5, 0.6) is 0 Å². The van der Waals surface area contributed by atoms with Gasteiger partial charge in [-0.1, -0.05) is 23.7 Å². The lowest BCUT2D eigenvalue weighted by Gasteiger charge is -2.32. The fourth-order valence-corrected chi connectivity index (χ4v) is 2.50. The largest absolute Gasteiger partial charge is 0.330 e. The fourth-order valence-electron chi connectivity index (χ4n) is 2.30. The van der Waals surface area contributed by atoms with E-state index in [4.69, 9.17) is 17.3 Å². The molecule has 1 heterocycles. The summed E-state index contributed by atoms with van der Waals surface area (Å²) in [6.07, 6.45) is 2.43. The van der Waals surface area contributed by atoms with Crippen LogP contribution in [0.25, 0.3) is 0 Å². The van der Waals surface area contributed by atoms with Gasteiger partial charge in [0.25, 0.3) is 0 Å². The van der Waals surface area contributed by atoms with Gasteiger partial charge in [-0.05, 0) is 49.5 Å². The van der Waals surface area contributed by atoms with E-state index in [9.17, 15) is 0 Å². The molecule has 1 fully saturated rings. The van der Waals surface area contributed by atoms with Gasteiger partial charge in [0.15, 0.2) is 0 Å². The molecule has 1 aromatic rings. The second-order valence-electron chi connectivity index (χ2n) is 4.12. The summed E-state index contributed by atoms with van der Waals surface area (Å²) < 4.78 is 0. The van der Waals surface area contributed by atoms with Gasteiger partial charge in [0, 0.05) is 11.1 Å². The second-order valence-corrected chi connectivity index (χ2v) is 4.56. The molecule has 0 bridgehead atoms. The smallest absolute Gasteiger partial charge is 0.0409 e. The maximum Gasteiger partial charge on any atom is 0.0409 e. The van der Waals surface area contributed by atoms with Crippen molar-refractivity contribution in [3.05, 3.63) is 34.9 Å². The molecule has 0 radical (unpaired) electrons. The summed E-state index contributed by atoms with van der Waals surface area (Å²) in [5.74, 6) is 0.539. The normalized spacial score (nSPS) is 26.5. The monoisotopic (exact) mass is 224 g/mol. The molecule has 0 aliphatic carbocycles. The first-order valence-corrected chi connectivity index (χ1v) is 5.88. The molecular formula is C12H17ClN2. The average molecular weight is 225 g/mol. The zero-order valence-electron chi connectivity index (χ0n) is 8.75. The number of hydrogen-bond donors (Lipinski definition) is 2. The van der Waals surface area contributed by atoms with Crippen LogP contribution >= 0.6 is 11.6 Å². The second kappa shape index (κ2) is 4.97. The van der Waals surface area contributed by atoms with E-state index < -0.39 is 0 Å². The van der Waals surface area contributed by atoms with E-state index in [0.717, 1.165) is 18.1 Å². The molecule has 1 aliphatic heterocycles. The molecule has 2 nitrogen and oxygen atoms in total. The van der Waals surface area contributed by atoms with Gasteiger partial charge in [0.1, 0.15) is 0 Å². The van der Waals surface area contributed by atoms with Gasteiger partial charge in [-0.25, -0.2) is 0 Å². The highest BCUT2D eigenvalue weighted by Crippen LogP contribution is 2.29. The summed E-state index contributed by atoms with van der Waals surface area (Å²) in [6.45, 7) is 1.82. The third-order valence-corrected chi connectivity index (χ3v) is 3.33. The first-order valence-electron chi connectivity index (χ1n) is 5.50. The Balaban J connectivity index is 2.20. The first kappa shape index (κ1) is 10.9. The van der Waals surface area contributed by atoms with Crippen LogP contribution in [0.15, 0.2) is 24.3 Å². The van der Waals surface area contributed by atoms with E-state index in [1.54, 1.807) is 0 Å². The third-order valence-electron chi connectivity index (χ3n) is 3.10. The van der Waals surface area contributed by atoms with E-state index in [0.29, 0.717) is 12.0 Å². The SMILES string of the molecule is NC[C@@H]1CCCN[C@H]1c1cccc(Cl)c1. The van der Waals surface area contributed by atoms with Crippen LogP contribution in [0.1, 0.15) is 24.4 Å². The van der Waals surface area contributed by atoms with Crippen LogP contribution in [0.3, 0.4) is 0 Å². The first-order chi connectivity index (χ1) is 7.31. The van der Waals surface area contributed by atoms with E-state index in [2.05, 4.69) is 11.4 Å². The number of hydrogen-bond acceptors (Lipinski definition) is 2. The minimum absolute atomic E-state index is 0.377. The maximum atomic E-state index is 6.00. The molecular weight excluding hydrogens is 208 g/mol. The summed E-state index contributed by atoms with van der Waals surface area (Å²) in [5, 5.41) is 4.33. The molecule has 15 heavy (non-hydrogen) atoms. The van der Waals surface area contributed by atoms with Crippen molar-refractivity contribution in [2.45, 2.75) is 18.9 Å². The van der Waals surface area contributed by atoms with Gasteiger partial charge in [-0.3, -0.25) is 0 Å². The van der Waals surface area contributed by atoms with E-state index in [1.807, 2.05) is 18.2 Å². The highest BCUT2D eigenvalue weighted by Gasteiger charge is 2.24. The maximum absolute atomic E-state index is 6.00. The lowest BCUT2D eigenvalue weighted by atomic mass is 9.86. The van der Waals surface area contributed by atoms with Crippen molar-refractivity contribution in [3.63, 3.8) is 0 Å². The van der Waals surface area contributed by atoms with Crippen molar-refractivity contribution in [2.24, 2.45) is 11.7 Å². The Kier molecular flexibility index (Phi) is 3.62. The van der Waals surface area contributed by atoms with Gasteiger partial charge in [0.2, 0.25) is 0 Å². The minimum Gasteiger partial charge on any atom is -0.330 e. The molecule has 0 aromatic heterocycles. The van der Waals surface area contributed by atoms with Crippen LogP contribution < -0.4 is 11.1 Å². The van der Waals surface area contributed by atoms with Crippen LogP contribution in [-0.2, 0) is 0 Å². The Morgan fingerprint density at radius 3 is 3.07 bits per heavy atom. The average Bonchev–Trinajstić information content (AvgIpc) is 2.29. The number of nitrogens with one attached hydrogen (secondary N) is 1. The van der Waals surface area contributed by atoms with E-state index in [1.165, 1.54) is 18.4 Å². The molecule has 3 N–H and O–H groups in total. The Hall–Kier alpha value is -0.570. The molecule has 0 amide bonds. The number of piperidine rings is 1. The van der Waals surface area contributed by atoms with Gasteiger partial charge < -0.3 is 11.1 Å². The third kappa shape index (κ3) is 2.51. The topological polar surface area (TPSA) is 38.0 Å². The van der Waals surface area contributed by atoms with Crippen LogP contribution in [-0.4, -0.2) is 13.1 Å². The minimum atomic E-state index is 0.377. The molecule has 1 aromatic carbocycles. The van der Waals surface area contributed by atoms with Gasteiger partial charge >= 0.3 is 0 Å². The number of benzene rings is 1. The molecule has 0 spiro atoms. The van der Waals surface area contributed by atoms with Gasteiger partial charge in [-0.15, -0.1) is 0 Å². The van der Waals surface area contributed by atoms with Crippen molar-refractivity contribution in [3.8, 4) is 0 Å². The zero-order valence-corrected chi connectivity index (χ0v) is 9.50. The molecule has 82 valence electrons. The lowest BCUT2D eigenvalue weighted by Crippen LogP contribution is -2.37. The van der Waals surface area contributed by atoms with Crippen molar-refractivity contribution in [2.75, 3.05) is 13.1 Å². The zero-order chi connectivity index (χ0) is 10.7. The highest BCUT2D eigenvalue weighted by molar-refractivity contribution is 6.30. The summed E-state index contributed by atoms with van der Waals surface area (Å²) >= 11 is 6.00. The quantitative estimate of drug-likeness (QED) is 0.810. The van der Waals surface area contributed by atoms with Crippen LogP contribution in [0.4, 0.5) is 0 Å². The van der Waals surface area contributed by atoms with E-state index in [-0.39, 0.29) is 0 Å². The molecule has 1 saturated heterocycles. The number of nitrogens with two attached hydrogens (primary N) is 1. The molecule has 0 saturated carbocycles. The standard InChI is InChI=1S/C12H17ClN2/c13-11-5-1-3-9(7-11)12-10(8-14)4-2-6-15-12/h1,3,5,7,10,12,15H,2,4,6,8,14H2/t10-,12-/m0/s1. The van der Waals surface area contributed by atoms with Crippen molar-refractivity contribution in [1.82, 2.24) is 5.32 Å². The van der Waals surface area contributed by atoms with Gasteiger partial charge in [-0.2, -0.15) is 0 Å². The molecule has 0 unspecified atom stereocenters. The summed E-state index contributed by atoms with van der Waals surface area (Å²) in [5.41, 5.74) is 7.06. The van der Waals surface area contributed by atoms with Crippen LogP contribution in [0.2, 0.25) is 5.02 Å². The Morgan fingerprint density at radius 1 is 1.47 bits per heavy atom. The van der Waals surface area contributed by atoms with Crippen LogP contribution in [0, 0.1) is 5.92 Å². The predicted molar refractivity (Wildman–Crippen MR) is 64.0 cm³/mol. The molecule has 3 heteroatoms. The summed E-state index contributed by atoms with van der Waals surface area (Å²) in [4.78, 5) is 0. The van der Waals surface area contributed by atoms with Crippen molar-refractivity contribution < 1.29 is 0 Å². The highest BCUT2D eigenvalue weighted by atomic mass is 35.5. The summed E-state index contributed by atoms with van der Waals surface area (Å²) in [7, 11) is 0. The van der Waals surface area contributed by atoms with E-state index >= 15 is 0 Å². The van der Waals surface area contributed by atoms with Crippen molar-refractivity contribution in [1.29, 1.82) is 0 Å². The number of halogens is 1. The van der Waals surface area contributed by atoms with Crippen molar-refractivity contribution >= 4 is 11.6 Å². The molecule has 1 aliphatic rings. The molecule has 2 rings (SSSR count). The predicted octanol–water partition coefficient (Wildman–Crippen LogP) is 2.34. The Morgan fingerprint density at radius 2 is 2.33 bits per heavy atom. The Bertz CT molecular complexity index is 327. The lowest BCUT2D eigenvalue weighted by molar-refractivity contribution is 0.291. The van der Waals surface area contributed by atoms with Gasteiger partial charge in [0.05, 0.1) is 0 Å². The summed E-state index contributed by atoms with van der Waals surface area (Å²) in [6, 6.07) is 8.44.